The Labute approximate surface area is 82.0 Å². The summed E-state index contributed by atoms with van der Waals surface area (Å²) in [5.74, 6) is -1.30. The first-order valence-electron chi connectivity index (χ1n) is 4.37. The molecule has 0 fully saturated rings. The summed E-state index contributed by atoms with van der Waals surface area (Å²) in [4.78, 5) is 25.8. The van der Waals surface area contributed by atoms with Gasteiger partial charge in [0.15, 0.2) is 6.04 Å². The minimum Gasteiger partial charge on any atom is -0.480 e. The molecule has 0 unspecified atom stereocenters. The van der Waals surface area contributed by atoms with Gasteiger partial charge in [-0.05, 0) is 6.42 Å². The zero-order valence-corrected chi connectivity index (χ0v) is 8.05. The summed E-state index contributed by atoms with van der Waals surface area (Å²) in [5, 5.41) is 17.9. The molecule has 0 aromatic rings. The van der Waals surface area contributed by atoms with Crippen LogP contribution in [-0.4, -0.2) is 46.9 Å². The van der Waals surface area contributed by atoms with Crippen molar-refractivity contribution >= 4 is 12.4 Å². The van der Waals surface area contributed by atoms with E-state index in [0.29, 0.717) is 5.06 Å². The van der Waals surface area contributed by atoms with Gasteiger partial charge >= 0.3 is 5.97 Å². The number of unbranched alkanes of at least 4 members (excludes halogenated alkanes) is 1. The molecule has 6 nitrogen and oxygen atoms in total. The van der Waals surface area contributed by atoms with Crippen molar-refractivity contribution in [3.05, 3.63) is 0 Å². The van der Waals surface area contributed by atoms with Crippen LogP contribution >= 0.6 is 0 Å². The highest BCUT2D eigenvalue weighted by Gasteiger charge is 2.24. The van der Waals surface area contributed by atoms with E-state index < -0.39 is 18.6 Å². The van der Waals surface area contributed by atoms with Gasteiger partial charge in [-0.25, -0.2) is 9.86 Å². The van der Waals surface area contributed by atoms with Gasteiger partial charge in [0.2, 0.25) is 6.41 Å². The average Bonchev–Trinajstić information content (AvgIpc) is 2.16. The molecule has 0 bridgehead atoms. The molecule has 0 rings (SSSR count). The van der Waals surface area contributed by atoms with Crippen molar-refractivity contribution in [1.29, 1.82) is 0 Å². The fourth-order valence-electron chi connectivity index (χ4n) is 0.776. The Bertz CT molecular complexity index is 185. The lowest BCUT2D eigenvalue weighted by atomic mass is 10.3. The molecule has 0 aromatic heterocycles. The molecule has 0 aliphatic heterocycles. The van der Waals surface area contributed by atoms with E-state index in [0.717, 1.165) is 12.8 Å². The normalized spacial score (nSPS) is 12.1. The van der Waals surface area contributed by atoms with Gasteiger partial charge in [-0.3, -0.25) is 9.63 Å². The standard InChI is InChI=1S/C8H15NO5/c1-2-3-4-14-9(6-11)7(5-10)8(12)13/h6-7,10H,2-5H2,1H3,(H,12,13)/t7-/m0/s1. The maximum atomic E-state index is 10.5. The maximum Gasteiger partial charge on any atom is 0.331 e. The number of rotatable bonds is 8. The molecule has 6 heteroatoms. The van der Waals surface area contributed by atoms with Gasteiger partial charge in [-0.2, -0.15) is 0 Å². The Morgan fingerprint density at radius 2 is 2.29 bits per heavy atom. The van der Waals surface area contributed by atoms with E-state index in [2.05, 4.69) is 0 Å². The number of aliphatic carboxylic acids is 1. The molecule has 0 heterocycles. The van der Waals surface area contributed by atoms with Gasteiger partial charge in [0, 0.05) is 0 Å². The topological polar surface area (TPSA) is 87.1 Å². The molecule has 0 radical (unpaired) electrons. The second kappa shape index (κ2) is 7.28. The van der Waals surface area contributed by atoms with Crippen LogP contribution in [0.3, 0.4) is 0 Å². The predicted molar refractivity (Wildman–Crippen MR) is 47.3 cm³/mol. The molecule has 0 saturated heterocycles. The highest BCUT2D eigenvalue weighted by molar-refractivity contribution is 5.75. The van der Waals surface area contributed by atoms with Crippen LogP contribution in [0.15, 0.2) is 0 Å². The third-order valence-electron chi connectivity index (χ3n) is 1.61. The first-order valence-corrected chi connectivity index (χ1v) is 4.37. The minimum atomic E-state index is -1.33. The van der Waals surface area contributed by atoms with Crippen LogP contribution in [0, 0.1) is 0 Å². The summed E-state index contributed by atoms with van der Waals surface area (Å²) in [5.41, 5.74) is 0. The van der Waals surface area contributed by atoms with Gasteiger partial charge < -0.3 is 10.2 Å². The van der Waals surface area contributed by atoms with Crippen molar-refractivity contribution < 1.29 is 24.6 Å². The number of aliphatic hydroxyl groups excluding tert-OH is 1. The van der Waals surface area contributed by atoms with Crippen molar-refractivity contribution in [3.8, 4) is 0 Å². The van der Waals surface area contributed by atoms with Crippen molar-refractivity contribution in [3.63, 3.8) is 0 Å². The van der Waals surface area contributed by atoms with E-state index in [1.807, 2.05) is 6.92 Å². The highest BCUT2D eigenvalue weighted by Crippen LogP contribution is 1.99. The quantitative estimate of drug-likeness (QED) is 0.320. The molecule has 82 valence electrons. The van der Waals surface area contributed by atoms with Gasteiger partial charge in [0.05, 0.1) is 13.2 Å². The SMILES string of the molecule is CCCCON(C=O)[C@@H](CO)C(=O)O. The molecule has 0 aromatic carbocycles. The van der Waals surface area contributed by atoms with Crippen LogP contribution in [0.1, 0.15) is 19.8 Å². The number of aliphatic hydroxyl groups is 1. The summed E-state index contributed by atoms with van der Waals surface area (Å²) in [7, 11) is 0. The molecular formula is C8H15NO5. The zero-order chi connectivity index (χ0) is 11.0. The minimum absolute atomic E-state index is 0.255. The molecule has 2 N–H and O–H groups in total. The van der Waals surface area contributed by atoms with Crippen LogP contribution < -0.4 is 0 Å². The predicted octanol–water partition coefficient (Wildman–Crippen LogP) is -0.378. The summed E-state index contributed by atoms with van der Waals surface area (Å²) >= 11 is 0. The van der Waals surface area contributed by atoms with Crippen molar-refractivity contribution in [2.75, 3.05) is 13.2 Å². The van der Waals surface area contributed by atoms with Crippen LogP contribution in [0.5, 0.6) is 0 Å². The summed E-state index contributed by atoms with van der Waals surface area (Å²) in [6.45, 7) is 1.54. The molecule has 0 spiro atoms. The Balaban J connectivity index is 4.08. The fourth-order valence-corrected chi connectivity index (χ4v) is 0.776. The lowest BCUT2D eigenvalue weighted by molar-refractivity contribution is -0.200. The van der Waals surface area contributed by atoms with Gasteiger partial charge in [0.25, 0.3) is 0 Å². The number of hydrogen-bond donors (Lipinski definition) is 2. The van der Waals surface area contributed by atoms with E-state index in [9.17, 15) is 9.59 Å². The molecule has 0 aliphatic rings. The average molecular weight is 205 g/mol. The first kappa shape index (κ1) is 12.9. The Kier molecular flexibility index (Phi) is 6.69. The number of carbonyl (C=O) groups excluding carboxylic acids is 1. The molecule has 14 heavy (non-hydrogen) atoms. The third kappa shape index (κ3) is 4.20. The summed E-state index contributed by atoms with van der Waals surface area (Å²) < 4.78 is 0. The van der Waals surface area contributed by atoms with Crippen LogP contribution in [0.4, 0.5) is 0 Å². The Morgan fingerprint density at radius 3 is 2.64 bits per heavy atom. The van der Waals surface area contributed by atoms with Crippen molar-refractivity contribution in [2.45, 2.75) is 25.8 Å². The Hall–Kier alpha value is -1.14. The lowest BCUT2D eigenvalue weighted by Gasteiger charge is -2.21. The van der Waals surface area contributed by atoms with E-state index in [4.69, 9.17) is 15.1 Å². The monoisotopic (exact) mass is 205 g/mol. The molecule has 1 amide bonds. The first-order chi connectivity index (χ1) is 6.67. The van der Waals surface area contributed by atoms with Crippen LogP contribution in [0.25, 0.3) is 0 Å². The number of amides is 1. The van der Waals surface area contributed by atoms with Crippen LogP contribution in [0.2, 0.25) is 0 Å². The third-order valence-corrected chi connectivity index (χ3v) is 1.61. The number of carboxylic acids is 1. The molecule has 1 atom stereocenters. The van der Waals surface area contributed by atoms with E-state index in [1.54, 1.807) is 0 Å². The second-order valence-corrected chi connectivity index (χ2v) is 2.69. The van der Waals surface area contributed by atoms with E-state index in [-0.39, 0.29) is 13.0 Å². The van der Waals surface area contributed by atoms with Gasteiger partial charge in [-0.1, -0.05) is 13.3 Å². The molecular weight excluding hydrogens is 190 g/mol. The summed E-state index contributed by atoms with van der Waals surface area (Å²) in [6.07, 6.45) is 1.86. The van der Waals surface area contributed by atoms with Gasteiger partial charge in [-0.15, -0.1) is 0 Å². The summed E-state index contributed by atoms with van der Waals surface area (Å²) in [6, 6.07) is -1.33. The number of nitrogens with zero attached hydrogens (tertiary/aromatic N) is 1. The van der Waals surface area contributed by atoms with Crippen molar-refractivity contribution in [2.24, 2.45) is 0 Å². The van der Waals surface area contributed by atoms with Crippen LogP contribution in [-0.2, 0) is 14.4 Å². The van der Waals surface area contributed by atoms with Crippen molar-refractivity contribution in [1.82, 2.24) is 5.06 Å². The zero-order valence-electron chi connectivity index (χ0n) is 8.05. The number of hydroxylamine groups is 2. The fraction of sp³-hybridized carbons (Fsp3) is 0.750. The van der Waals surface area contributed by atoms with E-state index >= 15 is 0 Å². The van der Waals surface area contributed by atoms with E-state index in [1.165, 1.54) is 0 Å². The van der Waals surface area contributed by atoms with Gasteiger partial charge in [0.1, 0.15) is 0 Å². The smallest absolute Gasteiger partial charge is 0.331 e. The Morgan fingerprint density at radius 1 is 1.64 bits per heavy atom. The number of carboxylic acid groups (broad SMARTS) is 1. The maximum absolute atomic E-state index is 10.5. The lowest BCUT2D eigenvalue weighted by Crippen LogP contribution is -2.43. The second-order valence-electron chi connectivity index (χ2n) is 2.69. The molecule has 0 aliphatic carbocycles. The largest absolute Gasteiger partial charge is 0.480 e. The molecule has 0 saturated carbocycles. The number of carbonyl (C=O) groups is 2. The highest BCUT2D eigenvalue weighted by atomic mass is 16.7. The number of hydrogen-bond acceptors (Lipinski definition) is 4.